The highest BCUT2D eigenvalue weighted by molar-refractivity contribution is 5.71. The summed E-state index contributed by atoms with van der Waals surface area (Å²) in [5.41, 5.74) is 5.28. The van der Waals surface area contributed by atoms with Gasteiger partial charge in [0.1, 0.15) is 11.6 Å². The maximum atomic E-state index is 13.4. The zero-order chi connectivity index (χ0) is 23.7. The van der Waals surface area contributed by atoms with Crippen LogP contribution in [0.1, 0.15) is 49.1 Å². The van der Waals surface area contributed by atoms with Crippen LogP contribution in [-0.4, -0.2) is 31.1 Å². The van der Waals surface area contributed by atoms with Crippen molar-refractivity contribution in [3.8, 4) is 5.75 Å². The number of nitrogens with zero attached hydrogens (tertiary/aromatic N) is 2. The lowest BCUT2D eigenvalue weighted by atomic mass is 9.72. The number of likely N-dealkylation sites (tertiary alicyclic amines) is 1. The summed E-state index contributed by atoms with van der Waals surface area (Å²) in [6, 6.07) is 24.1. The van der Waals surface area contributed by atoms with E-state index < -0.39 is 0 Å². The molecule has 3 heterocycles. The highest BCUT2D eigenvalue weighted by Crippen LogP contribution is 2.45. The molecule has 0 radical (unpaired) electrons. The molecule has 3 aromatic rings. The Morgan fingerprint density at radius 1 is 0.886 bits per heavy atom. The molecule has 3 aliphatic heterocycles. The molecule has 3 nitrogen and oxygen atoms in total. The van der Waals surface area contributed by atoms with Crippen LogP contribution in [0.2, 0.25) is 0 Å². The van der Waals surface area contributed by atoms with Crippen molar-refractivity contribution >= 4 is 11.4 Å². The summed E-state index contributed by atoms with van der Waals surface area (Å²) in [6.45, 7) is 4.44. The van der Waals surface area contributed by atoms with Crippen LogP contribution in [0.3, 0.4) is 0 Å². The monoisotopic (exact) mass is 468 g/mol. The van der Waals surface area contributed by atoms with Gasteiger partial charge in [-0.15, -0.1) is 0 Å². The van der Waals surface area contributed by atoms with Crippen molar-refractivity contribution in [3.63, 3.8) is 0 Å². The van der Waals surface area contributed by atoms with Gasteiger partial charge in [-0.1, -0.05) is 42.8 Å². The molecule has 0 aliphatic carbocycles. The van der Waals surface area contributed by atoms with Crippen molar-refractivity contribution in [2.24, 2.45) is 0 Å². The second kappa shape index (κ2) is 9.50. The van der Waals surface area contributed by atoms with Crippen LogP contribution in [0, 0.1) is 5.82 Å². The van der Waals surface area contributed by atoms with Crippen molar-refractivity contribution in [2.45, 2.75) is 43.4 Å². The summed E-state index contributed by atoms with van der Waals surface area (Å²) in [7, 11) is 0. The van der Waals surface area contributed by atoms with E-state index in [9.17, 15) is 4.39 Å². The second-order valence-electron chi connectivity index (χ2n) is 10.3. The van der Waals surface area contributed by atoms with Gasteiger partial charge in [0, 0.05) is 34.8 Å². The van der Waals surface area contributed by atoms with Crippen molar-refractivity contribution in [1.82, 2.24) is 4.90 Å². The Morgan fingerprint density at radius 3 is 2.51 bits per heavy atom. The first-order valence-electron chi connectivity index (χ1n) is 13.0. The number of hydrogen-bond acceptors (Lipinski definition) is 3. The molecule has 0 bridgehead atoms. The third-order valence-electron chi connectivity index (χ3n) is 8.24. The van der Waals surface area contributed by atoms with Gasteiger partial charge in [0.15, 0.2) is 0 Å². The molecule has 0 N–H and O–H groups in total. The molecule has 1 fully saturated rings. The highest BCUT2D eigenvalue weighted by atomic mass is 19.1. The van der Waals surface area contributed by atoms with Gasteiger partial charge >= 0.3 is 0 Å². The summed E-state index contributed by atoms with van der Waals surface area (Å²) in [5.74, 6) is 1.37. The standard InChI is InChI=1S/C31H33FN2O/c32-25-12-14-26(15-13-25)34-23-24(27-8-1-3-10-29(27)34)7-5-6-19-33-20-16-31(17-21-33)18-22-35-30-11-4-2-9-28(30)31/h1-4,8-15,18,22,24H,5-7,16-17,19-21,23H2. The maximum absolute atomic E-state index is 13.4. The van der Waals surface area contributed by atoms with Gasteiger partial charge in [-0.3, -0.25) is 0 Å². The van der Waals surface area contributed by atoms with Crippen LogP contribution >= 0.6 is 0 Å². The summed E-state index contributed by atoms with van der Waals surface area (Å²) >= 11 is 0. The number of allylic oxidation sites excluding steroid dienone is 1. The van der Waals surface area contributed by atoms with E-state index in [1.54, 1.807) is 12.1 Å². The number of benzene rings is 3. The van der Waals surface area contributed by atoms with Crippen LogP contribution in [0.4, 0.5) is 15.8 Å². The summed E-state index contributed by atoms with van der Waals surface area (Å²) in [6.07, 6.45) is 10.2. The zero-order valence-electron chi connectivity index (χ0n) is 20.2. The number of rotatable bonds is 6. The largest absolute Gasteiger partial charge is 0.465 e. The van der Waals surface area contributed by atoms with Gasteiger partial charge < -0.3 is 14.5 Å². The lowest BCUT2D eigenvalue weighted by Gasteiger charge is -2.42. The van der Waals surface area contributed by atoms with E-state index in [0.717, 1.165) is 43.9 Å². The molecule has 0 amide bonds. The second-order valence-corrected chi connectivity index (χ2v) is 10.3. The molecule has 3 aromatic carbocycles. The van der Waals surface area contributed by atoms with Crippen molar-refractivity contribution in [2.75, 3.05) is 31.1 Å². The number of halogens is 1. The first kappa shape index (κ1) is 22.4. The third kappa shape index (κ3) is 4.36. The van der Waals surface area contributed by atoms with Gasteiger partial charge in [0.05, 0.1) is 6.26 Å². The maximum Gasteiger partial charge on any atom is 0.130 e. The van der Waals surface area contributed by atoms with Crippen LogP contribution in [-0.2, 0) is 5.41 Å². The van der Waals surface area contributed by atoms with E-state index in [-0.39, 0.29) is 11.2 Å². The fourth-order valence-corrected chi connectivity index (χ4v) is 6.25. The fourth-order valence-electron chi connectivity index (χ4n) is 6.25. The van der Waals surface area contributed by atoms with Crippen LogP contribution in [0.5, 0.6) is 5.75 Å². The Balaban J connectivity index is 1.02. The lowest BCUT2D eigenvalue weighted by molar-refractivity contribution is 0.174. The molecule has 180 valence electrons. The highest BCUT2D eigenvalue weighted by Gasteiger charge is 2.37. The predicted octanol–water partition coefficient (Wildman–Crippen LogP) is 7.17. The lowest BCUT2D eigenvalue weighted by Crippen LogP contribution is -2.42. The average Bonchev–Trinajstić information content (AvgIpc) is 3.27. The summed E-state index contributed by atoms with van der Waals surface area (Å²) in [5, 5.41) is 0. The van der Waals surface area contributed by atoms with Crippen molar-refractivity contribution in [1.29, 1.82) is 0 Å². The first-order valence-corrected chi connectivity index (χ1v) is 13.0. The molecule has 0 saturated carbocycles. The molecule has 6 rings (SSSR count). The number of piperidine rings is 1. The molecule has 1 spiro atoms. The minimum Gasteiger partial charge on any atom is -0.465 e. The number of para-hydroxylation sites is 2. The van der Waals surface area contributed by atoms with E-state index in [1.165, 1.54) is 42.6 Å². The molecule has 0 aromatic heterocycles. The minimum absolute atomic E-state index is 0.142. The summed E-state index contributed by atoms with van der Waals surface area (Å²) < 4.78 is 19.2. The van der Waals surface area contributed by atoms with Gasteiger partial charge in [-0.25, -0.2) is 4.39 Å². The molecular formula is C31H33FN2O. The van der Waals surface area contributed by atoms with E-state index >= 15 is 0 Å². The molecule has 3 aliphatic rings. The molecule has 35 heavy (non-hydrogen) atoms. The Kier molecular flexibility index (Phi) is 6.07. The SMILES string of the molecule is Fc1ccc(N2CC(CCCCN3CCC4(C=COc5ccccc54)CC3)c3ccccc32)cc1. The van der Waals surface area contributed by atoms with Crippen LogP contribution in [0.25, 0.3) is 0 Å². The number of anilines is 2. The first-order chi connectivity index (χ1) is 17.2. The molecule has 1 atom stereocenters. The van der Waals surface area contributed by atoms with Crippen molar-refractivity contribution < 1.29 is 9.13 Å². The molecule has 4 heteroatoms. The predicted molar refractivity (Wildman–Crippen MR) is 140 cm³/mol. The fraction of sp³-hybridized carbons (Fsp3) is 0.355. The Hall–Kier alpha value is -3.11. The molecule has 1 saturated heterocycles. The van der Waals surface area contributed by atoms with E-state index in [4.69, 9.17) is 4.74 Å². The number of unbranched alkanes of at least 4 members (excludes halogenated alkanes) is 1. The third-order valence-corrected chi connectivity index (χ3v) is 8.24. The topological polar surface area (TPSA) is 15.7 Å². The molecule has 1 unspecified atom stereocenters. The minimum atomic E-state index is -0.182. The van der Waals surface area contributed by atoms with Gasteiger partial charge in [0.25, 0.3) is 0 Å². The van der Waals surface area contributed by atoms with E-state index in [2.05, 4.69) is 64.4 Å². The van der Waals surface area contributed by atoms with Gasteiger partial charge in [0.2, 0.25) is 0 Å². The Bertz CT molecular complexity index is 1200. The van der Waals surface area contributed by atoms with E-state index in [0.29, 0.717) is 5.92 Å². The van der Waals surface area contributed by atoms with Crippen LogP contribution in [0.15, 0.2) is 85.1 Å². The van der Waals surface area contributed by atoms with Crippen molar-refractivity contribution in [3.05, 3.63) is 102 Å². The smallest absolute Gasteiger partial charge is 0.130 e. The average molecular weight is 469 g/mol. The normalized spacial score (nSPS) is 20.5. The quantitative estimate of drug-likeness (QED) is 0.357. The number of hydrogen-bond donors (Lipinski definition) is 0. The Labute approximate surface area is 207 Å². The van der Waals surface area contributed by atoms with Gasteiger partial charge in [-0.05, 0) is 93.4 Å². The number of fused-ring (bicyclic) bond motifs is 3. The Morgan fingerprint density at radius 2 is 1.66 bits per heavy atom. The van der Waals surface area contributed by atoms with Gasteiger partial charge in [-0.2, -0.15) is 0 Å². The van der Waals surface area contributed by atoms with E-state index in [1.807, 2.05) is 18.4 Å². The zero-order valence-corrected chi connectivity index (χ0v) is 20.2. The summed E-state index contributed by atoms with van der Waals surface area (Å²) in [4.78, 5) is 4.99. The van der Waals surface area contributed by atoms with Crippen LogP contribution < -0.4 is 9.64 Å². The number of ether oxygens (including phenoxy) is 1. The molecular weight excluding hydrogens is 435 g/mol.